The first-order valence-corrected chi connectivity index (χ1v) is 11.6. The molecule has 0 atom stereocenters. The fraction of sp³-hybridized carbons (Fsp3) is 0.318. The Balaban J connectivity index is 1.47. The van der Waals surface area contributed by atoms with Gasteiger partial charge in [0.05, 0.1) is 15.8 Å². The minimum absolute atomic E-state index is 0.179. The molecule has 3 aromatic rings. The summed E-state index contributed by atoms with van der Waals surface area (Å²) < 4.78 is 33.0. The van der Waals surface area contributed by atoms with E-state index in [4.69, 9.17) is 4.74 Å². The van der Waals surface area contributed by atoms with Crippen LogP contribution < -0.4 is 10.1 Å². The minimum atomic E-state index is -3.58. The van der Waals surface area contributed by atoms with E-state index in [2.05, 4.69) is 15.3 Å². The molecule has 0 saturated carbocycles. The Morgan fingerprint density at radius 1 is 1.10 bits per heavy atom. The summed E-state index contributed by atoms with van der Waals surface area (Å²) in [5.41, 5.74) is 1.93. The Bertz CT molecular complexity index is 1200. The number of ether oxygens (including phenoxy) is 1. The van der Waals surface area contributed by atoms with Crippen molar-refractivity contribution >= 4 is 32.5 Å². The highest BCUT2D eigenvalue weighted by Gasteiger charge is 2.26. The van der Waals surface area contributed by atoms with Crippen LogP contribution in [0, 0.1) is 6.92 Å². The van der Waals surface area contributed by atoms with Crippen molar-refractivity contribution < 1.29 is 17.9 Å². The molecule has 2 aromatic carbocycles. The number of para-hydroxylation sites is 1. The molecule has 0 unspecified atom stereocenters. The molecule has 1 fully saturated rings. The number of hydrogen-bond acceptors (Lipinski definition) is 6. The second-order valence-electron chi connectivity index (χ2n) is 7.47. The summed E-state index contributed by atoms with van der Waals surface area (Å²) in [6.45, 7) is 2.60. The molecule has 162 valence electrons. The standard InChI is InChI=1S/C22H24N4O4S/c1-16-9-10-17(31(28,29)26-11-5-2-6-12-26)13-20(16)25-21(27)14-30-22-18-7-3-4-8-19(18)23-15-24-22/h3-4,7-10,13,15H,2,5-6,11-12,14H2,1H3,(H,25,27). The molecule has 0 radical (unpaired) electrons. The first-order valence-electron chi connectivity index (χ1n) is 10.2. The highest BCUT2D eigenvalue weighted by Crippen LogP contribution is 2.25. The number of nitrogens with zero attached hydrogens (tertiary/aromatic N) is 3. The average molecular weight is 441 g/mol. The van der Waals surface area contributed by atoms with Crippen LogP contribution in [0.5, 0.6) is 5.88 Å². The number of aromatic nitrogens is 2. The molecule has 4 rings (SSSR count). The van der Waals surface area contributed by atoms with E-state index in [0.717, 1.165) is 30.3 Å². The van der Waals surface area contributed by atoms with Gasteiger partial charge in [0.25, 0.3) is 5.91 Å². The summed E-state index contributed by atoms with van der Waals surface area (Å²) in [6, 6.07) is 12.2. The monoisotopic (exact) mass is 440 g/mol. The molecule has 9 heteroatoms. The number of piperidine rings is 1. The molecule has 0 aliphatic carbocycles. The lowest BCUT2D eigenvalue weighted by Crippen LogP contribution is -2.35. The zero-order valence-electron chi connectivity index (χ0n) is 17.2. The van der Waals surface area contributed by atoms with Crippen molar-refractivity contribution in [3.63, 3.8) is 0 Å². The predicted molar refractivity (Wildman–Crippen MR) is 117 cm³/mol. The van der Waals surface area contributed by atoms with Crippen LogP contribution in [0.1, 0.15) is 24.8 Å². The topological polar surface area (TPSA) is 101 Å². The Labute approximate surface area is 181 Å². The lowest BCUT2D eigenvalue weighted by Gasteiger charge is -2.26. The second kappa shape index (κ2) is 8.99. The zero-order valence-corrected chi connectivity index (χ0v) is 18.1. The van der Waals surface area contributed by atoms with E-state index in [1.807, 2.05) is 31.2 Å². The highest BCUT2D eigenvalue weighted by molar-refractivity contribution is 7.89. The number of carbonyl (C=O) groups excluding carboxylic acids is 1. The van der Waals surface area contributed by atoms with Gasteiger partial charge >= 0.3 is 0 Å². The largest absolute Gasteiger partial charge is 0.467 e. The SMILES string of the molecule is Cc1ccc(S(=O)(=O)N2CCCCC2)cc1NC(=O)COc1ncnc2ccccc12. The van der Waals surface area contributed by atoms with E-state index < -0.39 is 15.9 Å². The van der Waals surface area contributed by atoms with Gasteiger partial charge in [-0.15, -0.1) is 0 Å². The Morgan fingerprint density at radius 3 is 2.68 bits per heavy atom. The van der Waals surface area contributed by atoms with Crippen LogP contribution in [-0.2, 0) is 14.8 Å². The molecular formula is C22H24N4O4S. The van der Waals surface area contributed by atoms with Gasteiger partial charge in [-0.1, -0.05) is 24.6 Å². The molecule has 1 aliphatic rings. The summed E-state index contributed by atoms with van der Waals surface area (Å²) in [5.74, 6) is -0.0859. The molecule has 1 saturated heterocycles. The van der Waals surface area contributed by atoms with Gasteiger partial charge in [0.1, 0.15) is 6.33 Å². The quantitative estimate of drug-likeness (QED) is 0.632. The summed E-state index contributed by atoms with van der Waals surface area (Å²) in [7, 11) is -3.58. The average Bonchev–Trinajstić information content (AvgIpc) is 2.79. The third-order valence-electron chi connectivity index (χ3n) is 5.28. The van der Waals surface area contributed by atoms with Gasteiger partial charge in [-0.25, -0.2) is 18.4 Å². The number of anilines is 1. The number of nitrogens with one attached hydrogen (secondary N) is 1. The van der Waals surface area contributed by atoms with Crippen molar-refractivity contribution in [1.29, 1.82) is 0 Å². The molecule has 8 nitrogen and oxygen atoms in total. The van der Waals surface area contributed by atoms with Crippen LogP contribution in [0.2, 0.25) is 0 Å². The molecule has 31 heavy (non-hydrogen) atoms. The number of aryl methyl sites for hydroxylation is 1. The van der Waals surface area contributed by atoms with E-state index in [0.29, 0.717) is 30.0 Å². The summed E-state index contributed by atoms with van der Waals surface area (Å²) in [5, 5.41) is 3.47. The lowest BCUT2D eigenvalue weighted by atomic mass is 10.2. The number of rotatable bonds is 6. The maximum Gasteiger partial charge on any atom is 0.262 e. The fourth-order valence-corrected chi connectivity index (χ4v) is 5.11. The van der Waals surface area contributed by atoms with Crippen LogP contribution in [0.4, 0.5) is 5.69 Å². The summed E-state index contributed by atoms with van der Waals surface area (Å²) >= 11 is 0. The normalized spacial score (nSPS) is 15.0. The molecule has 2 heterocycles. The zero-order chi connectivity index (χ0) is 21.8. The molecule has 1 amide bonds. The molecule has 0 bridgehead atoms. The van der Waals surface area contributed by atoms with Crippen molar-refractivity contribution in [3.05, 3.63) is 54.4 Å². The van der Waals surface area contributed by atoms with Crippen LogP contribution in [-0.4, -0.2) is 48.3 Å². The maximum absolute atomic E-state index is 12.9. The van der Waals surface area contributed by atoms with Crippen LogP contribution in [0.3, 0.4) is 0 Å². The van der Waals surface area contributed by atoms with Gasteiger partial charge in [-0.2, -0.15) is 4.31 Å². The molecule has 1 N–H and O–H groups in total. The molecule has 0 spiro atoms. The third-order valence-corrected chi connectivity index (χ3v) is 7.18. The summed E-state index contributed by atoms with van der Waals surface area (Å²) in [4.78, 5) is 20.9. The molecule has 1 aliphatic heterocycles. The van der Waals surface area contributed by atoms with E-state index in [9.17, 15) is 13.2 Å². The first kappa shape index (κ1) is 21.2. The molecule has 1 aromatic heterocycles. The predicted octanol–water partition coefficient (Wildman–Crippen LogP) is 3.13. The van der Waals surface area contributed by atoms with Crippen LogP contribution in [0.25, 0.3) is 10.9 Å². The van der Waals surface area contributed by atoms with E-state index in [-0.39, 0.29) is 11.5 Å². The Morgan fingerprint density at radius 2 is 1.87 bits per heavy atom. The lowest BCUT2D eigenvalue weighted by molar-refractivity contribution is -0.118. The van der Waals surface area contributed by atoms with Crippen molar-refractivity contribution in [2.45, 2.75) is 31.1 Å². The Hall–Kier alpha value is -3.04. The fourth-order valence-electron chi connectivity index (χ4n) is 3.57. The number of carbonyl (C=O) groups is 1. The second-order valence-corrected chi connectivity index (χ2v) is 9.41. The third kappa shape index (κ3) is 4.67. The van der Waals surface area contributed by atoms with Crippen LogP contribution >= 0.6 is 0 Å². The summed E-state index contributed by atoms with van der Waals surface area (Å²) in [6.07, 6.45) is 4.16. The Kier molecular flexibility index (Phi) is 6.15. The minimum Gasteiger partial charge on any atom is -0.467 e. The number of fused-ring (bicyclic) bond motifs is 1. The van der Waals surface area contributed by atoms with Gasteiger partial charge in [0, 0.05) is 18.8 Å². The number of sulfonamides is 1. The maximum atomic E-state index is 12.9. The van der Waals surface area contributed by atoms with E-state index in [1.54, 1.807) is 12.1 Å². The van der Waals surface area contributed by atoms with Gasteiger partial charge < -0.3 is 10.1 Å². The van der Waals surface area contributed by atoms with Crippen molar-refractivity contribution in [3.8, 4) is 5.88 Å². The van der Waals surface area contributed by atoms with E-state index in [1.165, 1.54) is 16.7 Å². The van der Waals surface area contributed by atoms with Crippen molar-refractivity contribution in [2.75, 3.05) is 25.0 Å². The number of amides is 1. The number of benzene rings is 2. The number of hydrogen-bond donors (Lipinski definition) is 1. The molecular weight excluding hydrogens is 416 g/mol. The van der Waals surface area contributed by atoms with Crippen molar-refractivity contribution in [1.82, 2.24) is 14.3 Å². The van der Waals surface area contributed by atoms with Gasteiger partial charge in [0.15, 0.2) is 6.61 Å². The van der Waals surface area contributed by atoms with Crippen molar-refractivity contribution in [2.24, 2.45) is 0 Å². The van der Waals surface area contributed by atoms with Gasteiger partial charge in [0.2, 0.25) is 15.9 Å². The highest BCUT2D eigenvalue weighted by atomic mass is 32.2. The van der Waals surface area contributed by atoms with E-state index >= 15 is 0 Å². The van der Waals surface area contributed by atoms with Crippen LogP contribution in [0.15, 0.2) is 53.7 Å². The van der Waals surface area contributed by atoms with Gasteiger partial charge in [-0.3, -0.25) is 4.79 Å². The first-order chi connectivity index (χ1) is 14.9. The smallest absolute Gasteiger partial charge is 0.262 e. The van der Waals surface area contributed by atoms with Gasteiger partial charge in [-0.05, 0) is 49.6 Å².